The molecule has 0 saturated heterocycles. The summed E-state index contributed by atoms with van der Waals surface area (Å²) in [5, 5.41) is 0. The third-order valence-corrected chi connectivity index (χ3v) is 4.28. The average molecular weight is 317 g/mol. The minimum Gasteiger partial charge on any atom is -0.493 e. The van der Waals surface area contributed by atoms with Gasteiger partial charge in [-0.25, -0.2) is 0 Å². The zero-order chi connectivity index (χ0) is 16.7. The molecule has 0 fully saturated rings. The second kappa shape index (κ2) is 8.70. The quantitative estimate of drug-likeness (QED) is 0.722. The lowest BCUT2D eigenvalue weighted by atomic mass is 9.94. The molecular formula is C19H27NO3. The first-order valence-electron chi connectivity index (χ1n) is 8.48. The van der Waals surface area contributed by atoms with Crippen LogP contribution in [0.25, 0.3) is 0 Å². The van der Waals surface area contributed by atoms with Gasteiger partial charge in [0.1, 0.15) is 5.78 Å². The molecule has 1 aromatic carbocycles. The summed E-state index contributed by atoms with van der Waals surface area (Å²) >= 11 is 0. The minimum atomic E-state index is 0.135. The van der Waals surface area contributed by atoms with Crippen LogP contribution in [0.1, 0.15) is 57.4 Å². The number of nitrogens with zero attached hydrogens (tertiary/aromatic N) is 1. The average Bonchev–Trinajstić information content (AvgIpc) is 2.59. The molecule has 0 saturated carbocycles. The first kappa shape index (κ1) is 17.5. The van der Waals surface area contributed by atoms with Gasteiger partial charge in [-0.05, 0) is 49.4 Å². The zero-order valence-electron chi connectivity index (χ0n) is 14.4. The molecule has 0 amide bonds. The Morgan fingerprint density at radius 3 is 2.74 bits per heavy atom. The molecule has 0 N–H and O–H groups in total. The highest BCUT2D eigenvalue weighted by molar-refractivity contribution is 6.01. The summed E-state index contributed by atoms with van der Waals surface area (Å²) in [6, 6.07) is 6.03. The molecule has 1 atom stereocenters. The van der Waals surface area contributed by atoms with Crippen LogP contribution in [0.4, 0.5) is 0 Å². The van der Waals surface area contributed by atoms with E-state index in [9.17, 15) is 4.79 Å². The number of hydrogen-bond acceptors (Lipinski definition) is 4. The lowest BCUT2D eigenvalue weighted by Crippen LogP contribution is -2.19. The SMILES string of the molecule is CCCCC(=O)CC1CCCC(c2ccc(OC)c(OC)c2)=N1. The third kappa shape index (κ3) is 4.81. The topological polar surface area (TPSA) is 47.9 Å². The van der Waals surface area contributed by atoms with Crippen LogP contribution in [0.3, 0.4) is 0 Å². The second-order valence-electron chi connectivity index (χ2n) is 6.04. The predicted octanol–water partition coefficient (Wildman–Crippen LogP) is 4.19. The van der Waals surface area contributed by atoms with Crippen LogP contribution < -0.4 is 9.47 Å². The van der Waals surface area contributed by atoms with E-state index in [1.165, 1.54) is 0 Å². The number of ether oxygens (including phenoxy) is 2. The van der Waals surface area contributed by atoms with Gasteiger partial charge in [0.05, 0.1) is 20.3 Å². The zero-order valence-corrected chi connectivity index (χ0v) is 14.4. The molecule has 1 heterocycles. The van der Waals surface area contributed by atoms with Gasteiger partial charge in [-0.3, -0.25) is 9.79 Å². The van der Waals surface area contributed by atoms with Crippen molar-refractivity contribution in [2.24, 2.45) is 4.99 Å². The number of hydrogen-bond donors (Lipinski definition) is 0. The van der Waals surface area contributed by atoms with E-state index in [0.717, 1.165) is 49.1 Å². The maximum absolute atomic E-state index is 12.0. The van der Waals surface area contributed by atoms with E-state index >= 15 is 0 Å². The van der Waals surface area contributed by atoms with Crippen LogP contribution in [-0.4, -0.2) is 31.8 Å². The van der Waals surface area contributed by atoms with Crippen molar-refractivity contribution in [1.82, 2.24) is 0 Å². The molecule has 1 aliphatic heterocycles. The number of ketones is 1. The summed E-state index contributed by atoms with van der Waals surface area (Å²) in [6.45, 7) is 2.11. The Balaban J connectivity index is 2.11. The molecule has 1 unspecified atom stereocenters. The number of aliphatic imine (C=N–C) groups is 1. The molecule has 0 bridgehead atoms. The van der Waals surface area contributed by atoms with Crippen LogP contribution in [0.15, 0.2) is 23.2 Å². The van der Waals surface area contributed by atoms with Gasteiger partial charge in [-0.15, -0.1) is 0 Å². The molecule has 2 rings (SSSR count). The Labute approximate surface area is 138 Å². The second-order valence-corrected chi connectivity index (χ2v) is 6.04. The Morgan fingerprint density at radius 1 is 1.26 bits per heavy atom. The fourth-order valence-electron chi connectivity index (χ4n) is 2.98. The van der Waals surface area contributed by atoms with E-state index in [1.54, 1.807) is 14.2 Å². The Hall–Kier alpha value is -1.84. The van der Waals surface area contributed by atoms with Crippen molar-refractivity contribution in [2.45, 2.75) is 57.9 Å². The molecule has 0 radical (unpaired) electrons. The minimum absolute atomic E-state index is 0.135. The van der Waals surface area contributed by atoms with Gasteiger partial charge in [0.2, 0.25) is 0 Å². The Morgan fingerprint density at radius 2 is 2.04 bits per heavy atom. The van der Waals surface area contributed by atoms with Crippen molar-refractivity contribution in [3.05, 3.63) is 23.8 Å². The van der Waals surface area contributed by atoms with Gasteiger partial charge in [0.15, 0.2) is 11.5 Å². The van der Waals surface area contributed by atoms with E-state index in [-0.39, 0.29) is 6.04 Å². The standard InChI is InChI=1S/C19H27NO3/c1-4-5-8-16(21)13-15-7-6-9-17(20-15)14-10-11-18(22-2)19(12-14)23-3/h10-12,15H,4-9,13H2,1-3H3. The van der Waals surface area contributed by atoms with Crippen LogP contribution in [0.2, 0.25) is 0 Å². The van der Waals surface area contributed by atoms with Gasteiger partial charge >= 0.3 is 0 Å². The first-order chi connectivity index (χ1) is 11.2. The lowest BCUT2D eigenvalue weighted by molar-refractivity contribution is -0.119. The maximum atomic E-state index is 12.0. The number of Topliss-reactive ketones (excluding diaryl/α,β-unsaturated/α-hetero) is 1. The smallest absolute Gasteiger partial charge is 0.161 e. The number of rotatable bonds is 8. The molecule has 4 nitrogen and oxygen atoms in total. The van der Waals surface area contributed by atoms with E-state index < -0.39 is 0 Å². The highest BCUT2D eigenvalue weighted by Gasteiger charge is 2.19. The molecule has 23 heavy (non-hydrogen) atoms. The molecule has 4 heteroatoms. The van der Waals surface area contributed by atoms with Crippen molar-refractivity contribution >= 4 is 11.5 Å². The van der Waals surface area contributed by atoms with Crippen molar-refractivity contribution in [2.75, 3.05) is 14.2 Å². The van der Waals surface area contributed by atoms with Crippen LogP contribution in [-0.2, 0) is 4.79 Å². The summed E-state index contributed by atoms with van der Waals surface area (Å²) in [7, 11) is 3.27. The molecular weight excluding hydrogens is 290 g/mol. The summed E-state index contributed by atoms with van der Waals surface area (Å²) in [5.74, 6) is 1.78. The van der Waals surface area contributed by atoms with Gasteiger partial charge in [0.25, 0.3) is 0 Å². The van der Waals surface area contributed by atoms with Crippen molar-refractivity contribution in [3.8, 4) is 11.5 Å². The highest BCUT2D eigenvalue weighted by Crippen LogP contribution is 2.30. The number of unbranched alkanes of at least 4 members (excludes halogenated alkanes) is 1. The molecule has 0 aromatic heterocycles. The van der Waals surface area contributed by atoms with E-state index in [1.807, 2.05) is 18.2 Å². The molecule has 126 valence electrons. The monoisotopic (exact) mass is 317 g/mol. The maximum Gasteiger partial charge on any atom is 0.161 e. The van der Waals surface area contributed by atoms with E-state index in [0.29, 0.717) is 24.4 Å². The lowest BCUT2D eigenvalue weighted by Gasteiger charge is -2.21. The first-order valence-corrected chi connectivity index (χ1v) is 8.48. The van der Waals surface area contributed by atoms with Gasteiger partial charge in [-0.1, -0.05) is 13.3 Å². The fourth-order valence-corrected chi connectivity index (χ4v) is 2.98. The van der Waals surface area contributed by atoms with Crippen LogP contribution in [0.5, 0.6) is 11.5 Å². The Bertz CT molecular complexity index is 566. The van der Waals surface area contributed by atoms with Crippen molar-refractivity contribution < 1.29 is 14.3 Å². The summed E-state index contributed by atoms with van der Waals surface area (Å²) < 4.78 is 10.6. The number of benzene rings is 1. The number of methoxy groups -OCH3 is 2. The number of carbonyl (C=O) groups excluding carboxylic acids is 1. The summed E-state index contributed by atoms with van der Waals surface area (Å²) in [4.78, 5) is 16.8. The highest BCUT2D eigenvalue weighted by atomic mass is 16.5. The van der Waals surface area contributed by atoms with E-state index in [4.69, 9.17) is 14.5 Å². The van der Waals surface area contributed by atoms with Gasteiger partial charge in [0, 0.05) is 18.6 Å². The molecule has 1 aliphatic rings. The third-order valence-electron chi connectivity index (χ3n) is 4.28. The Kier molecular flexibility index (Phi) is 6.63. The van der Waals surface area contributed by atoms with Gasteiger partial charge < -0.3 is 9.47 Å². The van der Waals surface area contributed by atoms with Crippen molar-refractivity contribution in [3.63, 3.8) is 0 Å². The summed E-state index contributed by atoms with van der Waals surface area (Å²) in [6.07, 6.45) is 6.36. The fraction of sp³-hybridized carbons (Fsp3) is 0.579. The summed E-state index contributed by atoms with van der Waals surface area (Å²) in [5.41, 5.74) is 2.14. The van der Waals surface area contributed by atoms with Crippen LogP contribution >= 0.6 is 0 Å². The van der Waals surface area contributed by atoms with Crippen LogP contribution in [0, 0.1) is 0 Å². The normalized spacial score (nSPS) is 17.5. The molecule has 1 aromatic rings. The van der Waals surface area contributed by atoms with Gasteiger partial charge in [-0.2, -0.15) is 0 Å². The molecule has 0 aliphatic carbocycles. The largest absolute Gasteiger partial charge is 0.493 e. The van der Waals surface area contributed by atoms with Crippen molar-refractivity contribution in [1.29, 1.82) is 0 Å². The number of carbonyl (C=O) groups is 1. The predicted molar refractivity (Wildman–Crippen MR) is 92.9 cm³/mol. The van der Waals surface area contributed by atoms with E-state index in [2.05, 4.69) is 6.92 Å². The molecule has 0 spiro atoms.